The molecule has 0 aliphatic rings. The predicted molar refractivity (Wildman–Crippen MR) is 28.0 cm³/mol. The van der Waals surface area contributed by atoms with E-state index in [1.807, 2.05) is 0 Å². The Morgan fingerprint density at radius 2 is 1.09 bits per heavy atom. The summed E-state index contributed by atoms with van der Waals surface area (Å²) in [6.07, 6.45) is 0. The molecule has 0 aromatic heterocycles. The van der Waals surface area contributed by atoms with Gasteiger partial charge < -0.3 is 2.85 Å². The van der Waals surface area contributed by atoms with E-state index in [0.717, 1.165) is 0 Å². The molecule has 4 N–H and O–H groups in total. The zero-order chi connectivity index (χ0) is 9.00. The van der Waals surface area contributed by atoms with Crippen LogP contribution in [-0.4, -0.2) is 73.9 Å². The Morgan fingerprint density at radius 3 is 1.09 bits per heavy atom. The van der Waals surface area contributed by atoms with Gasteiger partial charge in [-0.1, -0.05) is 0 Å². The predicted octanol–water partition coefficient (Wildman–Crippen LogP) is -2.16. The Morgan fingerprint density at radius 1 is 1.09 bits per heavy atom. The van der Waals surface area contributed by atoms with Gasteiger partial charge in [-0.05, 0) is 0 Å². The fourth-order valence-electron chi connectivity index (χ4n) is 0. The van der Waals surface area contributed by atoms with Crippen molar-refractivity contribution in [2.45, 2.75) is 0 Å². The van der Waals surface area contributed by atoms with Crippen molar-refractivity contribution in [3.05, 3.63) is 0 Å². The molecule has 0 aliphatic carbocycles. The van der Waals surface area contributed by atoms with E-state index in [-0.39, 0.29) is 51.7 Å². The zero-order valence-corrected chi connectivity index (χ0v) is 13.1. The topological polar surface area (TPSA) is 149 Å². The first-order valence-corrected chi connectivity index (χ1v) is 7.81. The Labute approximate surface area is 109 Å². The molecule has 0 saturated heterocycles. The van der Waals surface area contributed by atoms with E-state index in [4.69, 9.17) is 31.8 Å². The Bertz CT molecular complexity index is 219. The molecule has 0 radical (unpaired) electrons. The number of hydrogen-bond donors (Lipinski definition) is 4. The Hall–Kier alpha value is 1.65. The van der Waals surface area contributed by atoms with Gasteiger partial charge in [-0.25, -0.2) is 0 Å². The van der Waals surface area contributed by atoms with Crippen LogP contribution < -0.4 is 0 Å². The van der Waals surface area contributed by atoms with Gasteiger partial charge in [0.2, 0.25) is 0 Å². The van der Waals surface area contributed by atoms with Crippen molar-refractivity contribution in [2.24, 2.45) is 0 Å². The minimum absolute atomic E-state index is 0. The van der Waals surface area contributed by atoms with Gasteiger partial charge in [-0.3, -0.25) is 9.11 Å². The van der Waals surface area contributed by atoms with E-state index in [1.54, 1.807) is 0 Å². The third kappa shape index (κ3) is 399. The SMILES string of the molecule is O=S(=O)(O)O.[Ba+2].[H-].[H-].[O]=[W](=[O])([OH])[OH]. The second-order valence-corrected chi connectivity index (χ2v) is 5.01. The van der Waals surface area contributed by atoms with Crippen LogP contribution in [0.3, 0.4) is 0 Å². The van der Waals surface area contributed by atoms with Gasteiger partial charge in [-0.15, -0.1) is 0 Å². The first-order valence-electron chi connectivity index (χ1n) is 1.40. The summed E-state index contributed by atoms with van der Waals surface area (Å²) in [6.45, 7) is 0. The van der Waals surface area contributed by atoms with Gasteiger partial charge in [0.05, 0.1) is 0 Å². The average Bonchev–Trinajstić information content (AvgIpc) is 1.12. The van der Waals surface area contributed by atoms with Crippen molar-refractivity contribution in [1.29, 1.82) is 0 Å². The maximum absolute atomic E-state index is 8.87. The van der Waals surface area contributed by atoms with Crippen LogP contribution in [0.4, 0.5) is 0 Å². The Kier molecular flexibility index (Phi) is 11.9. The summed E-state index contributed by atoms with van der Waals surface area (Å²) >= 11 is -5.67. The second kappa shape index (κ2) is 7.09. The van der Waals surface area contributed by atoms with Crippen LogP contribution in [0, 0.1) is 0 Å². The monoisotopic (exact) mass is 488 g/mol. The third-order valence-electron chi connectivity index (χ3n) is 0. The van der Waals surface area contributed by atoms with Crippen molar-refractivity contribution in [1.82, 2.24) is 0 Å². The van der Waals surface area contributed by atoms with Crippen molar-refractivity contribution in [2.75, 3.05) is 0 Å². The van der Waals surface area contributed by atoms with Gasteiger partial charge in [0, 0.05) is 0 Å². The molecule has 0 spiro atoms. The van der Waals surface area contributed by atoms with E-state index in [9.17, 15) is 0 Å². The van der Waals surface area contributed by atoms with Crippen molar-refractivity contribution >= 4 is 59.3 Å². The van der Waals surface area contributed by atoms with Crippen LogP contribution in [0.5, 0.6) is 0 Å². The van der Waals surface area contributed by atoms with Gasteiger partial charge in [0.15, 0.2) is 0 Å². The molecule has 0 aromatic carbocycles. The summed E-state index contributed by atoms with van der Waals surface area (Å²) in [5.74, 6) is 0. The van der Waals surface area contributed by atoms with Crippen LogP contribution >= 0.6 is 0 Å². The quantitative estimate of drug-likeness (QED) is 0.223. The molecule has 0 fully saturated rings. The average molecular weight is 487 g/mol. The van der Waals surface area contributed by atoms with Crippen LogP contribution in [0.25, 0.3) is 0 Å². The molecule has 0 atom stereocenters. The van der Waals surface area contributed by atoms with Crippen molar-refractivity contribution in [3.63, 3.8) is 0 Å². The van der Waals surface area contributed by atoms with Crippen molar-refractivity contribution < 1.29 is 51.4 Å². The normalized spacial score (nSPS) is 10.5. The summed E-state index contributed by atoms with van der Waals surface area (Å²) < 4.78 is 63.7. The van der Waals surface area contributed by atoms with Gasteiger partial charge in [0.1, 0.15) is 0 Å². The van der Waals surface area contributed by atoms with Gasteiger partial charge >= 0.3 is 90.3 Å². The van der Waals surface area contributed by atoms with Crippen LogP contribution in [0.1, 0.15) is 2.85 Å². The first-order chi connectivity index (χ1) is 4.00. The van der Waals surface area contributed by atoms with E-state index < -0.39 is 27.1 Å². The molecule has 8 nitrogen and oxygen atoms in total. The standard InChI is InChI=1S/Ba.H2O4S.2H2O.2O.W.2H/c;1-5(2,3)4;;;;;;;/h;(H2,1,2,3,4);2*1H2;;;;;/q+2;;;;;;+2;2*-1/p-2. The molecule has 0 unspecified atom stereocenters. The first kappa shape index (κ1) is 18.4. The molecule has 68 valence electrons. The second-order valence-electron chi connectivity index (χ2n) is 0.896. The number of rotatable bonds is 0. The van der Waals surface area contributed by atoms with E-state index in [1.165, 1.54) is 0 Å². The minimum atomic E-state index is -5.67. The van der Waals surface area contributed by atoms with Gasteiger partial charge in [-0.2, -0.15) is 8.42 Å². The zero-order valence-electron chi connectivity index (χ0n) is 6.95. The third-order valence-corrected chi connectivity index (χ3v) is 0. The van der Waals surface area contributed by atoms with E-state index >= 15 is 0 Å². The maximum atomic E-state index is 8.87. The molecular formula is H6BaO8SW. The molecule has 11 heteroatoms. The molecule has 0 rings (SSSR count). The van der Waals surface area contributed by atoms with E-state index in [2.05, 4.69) is 0 Å². The van der Waals surface area contributed by atoms with Crippen LogP contribution in [-0.2, 0) is 33.9 Å². The fourth-order valence-corrected chi connectivity index (χ4v) is 0. The molecule has 11 heavy (non-hydrogen) atoms. The van der Waals surface area contributed by atoms with E-state index in [0.29, 0.717) is 0 Å². The summed E-state index contributed by atoms with van der Waals surface area (Å²) in [7, 11) is -4.67. The van der Waals surface area contributed by atoms with Crippen molar-refractivity contribution in [3.8, 4) is 0 Å². The number of hydrogen-bond acceptors (Lipinski definition) is 4. The fraction of sp³-hybridized carbons (Fsp3) is 0. The summed E-state index contributed by atoms with van der Waals surface area (Å²) in [4.78, 5) is 0. The molecular weight excluding hydrogens is 481 g/mol. The van der Waals surface area contributed by atoms with Crippen LogP contribution in [0.2, 0.25) is 0 Å². The molecule has 0 aromatic rings. The van der Waals surface area contributed by atoms with Crippen LogP contribution in [0.15, 0.2) is 0 Å². The molecule has 0 saturated carbocycles. The molecule has 0 bridgehead atoms. The summed E-state index contributed by atoms with van der Waals surface area (Å²) in [5, 5.41) is 0. The summed E-state index contributed by atoms with van der Waals surface area (Å²) in [6, 6.07) is 0. The Balaban J connectivity index is -0.0000000267. The molecule has 0 heterocycles. The molecule has 0 amide bonds. The molecule has 0 aliphatic heterocycles. The summed E-state index contributed by atoms with van der Waals surface area (Å²) in [5.41, 5.74) is 0. The van der Waals surface area contributed by atoms with Gasteiger partial charge in [0.25, 0.3) is 0 Å².